The quantitative estimate of drug-likeness (QED) is 0.389. The molecular formula is C20H26IN3O3. The maximum absolute atomic E-state index is 5.43. The largest absolute Gasteiger partial charge is 0.497 e. The predicted octanol–water partition coefficient (Wildman–Crippen LogP) is 3.29. The first-order chi connectivity index (χ1) is 12.7. The van der Waals surface area contributed by atoms with E-state index < -0.39 is 0 Å². The van der Waals surface area contributed by atoms with E-state index in [-0.39, 0.29) is 24.0 Å². The van der Waals surface area contributed by atoms with Gasteiger partial charge >= 0.3 is 0 Å². The van der Waals surface area contributed by atoms with Gasteiger partial charge in [-0.1, -0.05) is 18.2 Å². The van der Waals surface area contributed by atoms with Crippen LogP contribution in [0, 0.1) is 0 Å². The van der Waals surface area contributed by atoms with Crippen LogP contribution < -0.4 is 19.5 Å². The molecular weight excluding hydrogens is 457 g/mol. The Morgan fingerprint density at radius 3 is 2.52 bits per heavy atom. The molecule has 0 bridgehead atoms. The predicted molar refractivity (Wildman–Crippen MR) is 118 cm³/mol. The van der Waals surface area contributed by atoms with Gasteiger partial charge in [-0.2, -0.15) is 0 Å². The normalized spacial score (nSPS) is 12.3. The van der Waals surface area contributed by atoms with Crippen LogP contribution >= 0.6 is 24.0 Å². The van der Waals surface area contributed by atoms with Crippen LogP contribution in [0.15, 0.2) is 47.5 Å². The number of rotatable bonds is 6. The van der Waals surface area contributed by atoms with E-state index in [0.29, 0.717) is 6.79 Å². The fraction of sp³-hybridized carbons (Fsp3) is 0.350. The molecule has 6 nitrogen and oxygen atoms in total. The fourth-order valence-corrected chi connectivity index (χ4v) is 2.88. The van der Waals surface area contributed by atoms with Crippen LogP contribution in [0.4, 0.5) is 0 Å². The summed E-state index contributed by atoms with van der Waals surface area (Å²) in [5, 5.41) is 3.41. The van der Waals surface area contributed by atoms with Gasteiger partial charge in [0.05, 0.1) is 7.11 Å². The highest BCUT2D eigenvalue weighted by atomic mass is 127. The molecule has 0 atom stereocenters. The maximum atomic E-state index is 5.43. The molecule has 0 radical (unpaired) electrons. The summed E-state index contributed by atoms with van der Waals surface area (Å²) in [5.74, 6) is 3.37. The van der Waals surface area contributed by atoms with Gasteiger partial charge in [0, 0.05) is 27.2 Å². The summed E-state index contributed by atoms with van der Waals surface area (Å²) < 4.78 is 16.0. The van der Waals surface area contributed by atoms with Gasteiger partial charge in [-0.05, 0) is 41.8 Å². The number of nitrogens with one attached hydrogen (secondary N) is 1. The van der Waals surface area contributed by atoms with Crippen molar-refractivity contribution in [2.24, 2.45) is 4.99 Å². The number of nitrogens with zero attached hydrogens (tertiary/aromatic N) is 2. The van der Waals surface area contributed by atoms with Crippen LogP contribution in [0.5, 0.6) is 17.2 Å². The van der Waals surface area contributed by atoms with Crippen LogP contribution in [0.2, 0.25) is 0 Å². The summed E-state index contributed by atoms with van der Waals surface area (Å²) in [6.45, 7) is 1.87. The molecule has 0 fully saturated rings. The highest BCUT2D eigenvalue weighted by Crippen LogP contribution is 2.32. The second-order valence-corrected chi connectivity index (χ2v) is 6.12. The molecule has 0 spiro atoms. The monoisotopic (exact) mass is 483 g/mol. The van der Waals surface area contributed by atoms with Gasteiger partial charge in [0.2, 0.25) is 6.79 Å². The van der Waals surface area contributed by atoms with E-state index >= 15 is 0 Å². The topological polar surface area (TPSA) is 55.3 Å². The second-order valence-electron chi connectivity index (χ2n) is 6.12. The van der Waals surface area contributed by atoms with Crippen molar-refractivity contribution in [1.29, 1.82) is 0 Å². The summed E-state index contributed by atoms with van der Waals surface area (Å²) in [4.78, 5) is 6.47. The highest BCUT2D eigenvalue weighted by Gasteiger charge is 2.13. The Morgan fingerprint density at radius 2 is 1.81 bits per heavy atom. The Morgan fingerprint density at radius 1 is 1.11 bits per heavy atom. The van der Waals surface area contributed by atoms with Crippen molar-refractivity contribution < 1.29 is 14.2 Å². The van der Waals surface area contributed by atoms with Crippen molar-refractivity contribution in [3.8, 4) is 17.2 Å². The first-order valence-electron chi connectivity index (χ1n) is 8.63. The van der Waals surface area contributed by atoms with E-state index in [2.05, 4.69) is 33.4 Å². The molecule has 2 aromatic rings. The molecule has 0 saturated carbocycles. The average Bonchev–Trinajstić information content (AvgIpc) is 3.13. The van der Waals surface area contributed by atoms with E-state index in [9.17, 15) is 0 Å². The SMILES string of the molecule is CN=C(NCCc1ccc2c(c1)OCO2)N(C)Cc1ccc(OC)cc1.I. The van der Waals surface area contributed by atoms with Gasteiger partial charge in [-0.3, -0.25) is 4.99 Å². The smallest absolute Gasteiger partial charge is 0.231 e. The standard InChI is InChI=1S/C20H25N3O3.HI/c1-21-20(23(2)13-16-4-7-17(24-3)8-5-16)22-11-10-15-6-9-18-19(12-15)26-14-25-18;/h4-9,12H,10-11,13-14H2,1-3H3,(H,21,22);1H. The highest BCUT2D eigenvalue weighted by molar-refractivity contribution is 14.0. The molecule has 0 saturated heterocycles. The van der Waals surface area contributed by atoms with Crippen molar-refractivity contribution in [3.63, 3.8) is 0 Å². The van der Waals surface area contributed by atoms with Crippen molar-refractivity contribution in [2.45, 2.75) is 13.0 Å². The molecule has 7 heteroatoms. The first kappa shape index (κ1) is 21.1. The molecule has 3 rings (SSSR count). The summed E-state index contributed by atoms with van der Waals surface area (Å²) >= 11 is 0. The number of halogens is 1. The number of benzene rings is 2. The molecule has 1 aliphatic rings. The lowest BCUT2D eigenvalue weighted by Crippen LogP contribution is -2.39. The van der Waals surface area contributed by atoms with Gasteiger partial charge in [0.15, 0.2) is 17.5 Å². The molecule has 0 amide bonds. The minimum atomic E-state index is 0. The zero-order valence-corrected chi connectivity index (χ0v) is 18.2. The zero-order valence-electron chi connectivity index (χ0n) is 15.9. The number of methoxy groups -OCH3 is 1. The van der Waals surface area contributed by atoms with Gasteiger partial charge in [-0.15, -0.1) is 24.0 Å². The lowest BCUT2D eigenvalue weighted by Gasteiger charge is -2.22. The summed E-state index contributed by atoms with van der Waals surface area (Å²) in [7, 11) is 5.50. The number of fused-ring (bicyclic) bond motifs is 1. The number of hydrogen-bond acceptors (Lipinski definition) is 4. The molecule has 0 aliphatic carbocycles. The van der Waals surface area contributed by atoms with Crippen molar-refractivity contribution in [2.75, 3.05) is 34.5 Å². The van der Waals surface area contributed by atoms with Crippen LogP contribution in [0.25, 0.3) is 0 Å². The lowest BCUT2D eigenvalue weighted by molar-refractivity contribution is 0.174. The zero-order chi connectivity index (χ0) is 18.4. The molecule has 0 aromatic heterocycles. The van der Waals surface area contributed by atoms with Crippen molar-refractivity contribution >= 4 is 29.9 Å². The van der Waals surface area contributed by atoms with Gasteiger partial charge < -0.3 is 24.4 Å². The van der Waals surface area contributed by atoms with Gasteiger partial charge in [-0.25, -0.2) is 0 Å². The molecule has 1 aliphatic heterocycles. The third-order valence-corrected chi connectivity index (χ3v) is 4.29. The number of aliphatic imine (C=N–C) groups is 1. The second kappa shape index (κ2) is 10.2. The van der Waals surface area contributed by atoms with E-state index in [1.54, 1.807) is 14.2 Å². The van der Waals surface area contributed by atoms with Crippen molar-refractivity contribution in [3.05, 3.63) is 53.6 Å². The maximum Gasteiger partial charge on any atom is 0.231 e. The van der Waals surface area contributed by atoms with Crippen LogP contribution in [-0.4, -0.2) is 45.4 Å². The first-order valence-corrected chi connectivity index (χ1v) is 8.63. The van der Waals surface area contributed by atoms with E-state index in [1.165, 1.54) is 11.1 Å². The molecule has 0 unspecified atom stereocenters. The Labute approximate surface area is 177 Å². The van der Waals surface area contributed by atoms with E-state index in [0.717, 1.165) is 42.7 Å². The molecule has 1 heterocycles. The minimum Gasteiger partial charge on any atom is -0.497 e. The average molecular weight is 483 g/mol. The van der Waals surface area contributed by atoms with Crippen LogP contribution in [0.1, 0.15) is 11.1 Å². The molecule has 146 valence electrons. The molecule has 2 aromatic carbocycles. The van der Waals surface area contributed by atoms with Crippen LogP contribution in [-0.2, 0) is 13.0 Å². The van der Waals surface area contributed by atoms with Gasteiger partial charge in [0.25, 0.3) is 0 Å². The number of guanidine groups is 1. The minimum absolute atomic E-state index is 0. The van der Waals surface area contributed by atoms with E-state index in [1.807, 2.05) is 31.3 Å². The van der Waals surface area contributed by atoms with Crippen molar-refractivity contribution in [1.82, 2.24) is 10.2 Å². The Balaban J connectivity index is 0.00000261. The molecule has 27 heavy (non-hydrogen) atoms. The van der Waals surface area contributed by atoms with E-state index in [4.69, 9.17) is 14.2 Å². The third-order valence-electron chi connectivity index (χ3n) is 4.29. The Kier molecular flexibility index (Phi) is 8.02. The Bertz CT molecular complexity index is 766. The lowest BCUT2D eigenvalue weighted by atomic mass is 10.1. The van der Waals surface area contributed by atoms with Crippen LogP contribution in [0.3, 0.4) is 0 Å². The summed E-state index contributed by atoms with van der Waals surface area (Å²) in [6, 6.07) is 14.1. The fourth-order valence-electron chi connectivity index (χ4n) is 2.88. The third kappa shape index (κ3) is 5.66. The van der Waals surface area contributed by atoms with Gasteiger partial charge in [0.1, 0.15) is 5.75 Å². The molecule has 1 N–H and O–H groups in total. The summed E-state index contributed by atoms with van der Waals surface area (Å²) in [6.07, 6.45) is 0.881. The number of hydrogen-bond donors (Lipinski definition) is 1. The summed E-state index contributed by atoms with van der Waals surface area (Å²) in [5.41, 5.74) is 2.40. The Hall–Kier alpha value is -2.16. The number of ether oxygens (including phenoxy) is 3.